The SMILES string of the molecule is CN(c1ccc(I)cc1C(=O)Nc1ccc(S(=O)(=O)Cl)cc1)S(C)(=O)=O. The van der Waals surface area contributed by atoms with Crippen molar-refractivity contribution in [3.8, 4) is 0 Å². The molecule has 2 rings (SSSR count). The quantitative estimate of drug-likeness (QED) is 0.475. The van der Waals surface area contributed by atoms with Crippen molar-refractivity contribution in [3.05, 3.63) is 51.6 Å². The maximum absolute atomic E-state index is 12.6. The van der Waals surface area contributed by atoms with Crippen LogP contribution in [0.4, 0.5) is 11.4 Å². The molecule has 0 atom stereocenters. The molecule has 0 fully saturated rings. The molecule has 0 saturated carbocycles. The zero-order valence-electron chi connectivity index (χ0n) is 13.6. The van der Waals surface area contributed by atoms with Gasteiger partial charge in [-0.3, -0.25) is 9.10 Å². The van der Waals surface area contributed by atoms with Crippen molar-refractivity contribution in [1.29, 1.82) is 0 Å². The van der Waals surface area contributed by atoms with E-state index in [2.05, 4.69) is 5.32 Å². The zero-order valence-corrected chi connectivity index (χ0v) is 18.1. The number of amides is 1. The van der Waals surface area contributed by atoms with E-state index in [0.717, 1.165) is 14.1 Å². The van der Waals surface area contributed by atoms with E-state index in [9.17, 15) is 21.6 Å². The van der Waals surface area contributed by atoms with Crippen LogP contribution in [0.3, 0.4) is 0 Å². The van der Waals surface area contributed by atoms with Gasteiger partial charge in [0, 0.05) is 27.0 Å². The van der Waals surface area contributed by atoms with Crippen LogP contribution in [0.5, 0.6) is 0 Å². The molecule has 0 bridgehead atoms. The average Bonchev–Trinajstić information content (AvgIpc) is 2.53. The molecule has 1 amide bonds. The van der Waals surface area contributed by atoms with Gasteiger partial charge in [0.15, 0.2) is 0 Å². The largest absolute Gasteiger partial charge is 0.322 e. The van der Waals surface area contributed by atoms with Gasteiger partial charge in [-0.15, -0.1) is 0 Å². The molecule has 0 saturated heterocycles. The lowest BCUT2D eigenvalue weighted by molar-refractivity contribution is 0.102. The Kier molecular flexibility index (Phi) is 6.20. The van der Waals surface area contributed by atoms with Crippen LogP contribution in [-0.2, 0) is 19.1 Å². The molecular formula is C15H14ClIN2O5S2. The first-order valence-electron chi connectivity index (χ1n) is 6.99. The summed E-state index contributed by atoms with van der Waals surface area (Å²) in [4.78, 5) is 12.5. The van der Waals surface area contributed by atoms with Gasteiger partial charge in [-0.05, 0) is 65.1 Å². The predicted molar refractivity (Wildman–Crippen MR) is 110 cm³/mol. The Hall–Kier alpha value is -1.37. The summed E-state index contributed by atoms with van der Waals surface area (Å²) in [6.07, 6.45) is 1.04. The van der Waals surface area contributed by atoms with Crippen LogP contribution < -0.4 is 9.62 Å². The molecule has 11 heteroatoms. The number of benzene rings is 2. The highest BCUT2D eigenvalue weighted by Crippen LogP contribution is 2.25. The number of hydrogen-bond acceptors (Lipinski definition) is 5. The molecule has 0 unspecified atom stereocenters. The summed E-state index contributed by atoms with van der Waals surface area (Å²) in [5.74, 6) is -0.532. The number of carbonyl (C=O) groups excluding carboxylic acids is 1. The van der Waals surface area contributed by atoms with Crippen LogP contribution in [0.15, 0.2) is 47.4 Å². The highest BCUT2D eigenvalue weighted by atomic mass is 127. The summed E-state index contributed by atoms with van der Waals surface area (Å²) in [5, 5.41) is 2.61. The minimum atomic E-state index is -3.85. The van der Waals surface area contributed by atoms with Crippen LogP contribution in [0.1, 0.15) is 10.4 Å². The minimum Gasteiger partial charge on any atom is -0.322 e. The van der Waals surface area contributed by atoms with E-state index in [4.69, 9.17) is 10.7 Å². The van der Waals surface area contributed by atoms with Gasteiger partial charge in [-0.2, -0.15) is 0 Å². The molecule has 0 heterocycles. The molecule has 140 valence electrons. The molecule has 0 aliphatic carbocycles. The van der Waals surface area contributed by atoms with E-state index in [-0.39, 0.29) is 16.1 Å². The lowest BCUT2D eigenvalue weighted by Crippen LogP contribution is -2.27. The van der Waals surface area contributed by atoms with Gasteiger partial charge in [0.2, 0.25) is 10.0 Å². The van der Waals surface area contributed by atoms with Crippen LogP contribution in [0, 0.1) is 3.57 Å². The van der Waals surface area contributed by atoms with Crippen molar-refractivity contribution in [2.45, 2.75) is 4.90 Å². The Labute approximate surface area is 170 Å². The molecule has 7 nitrogen and oxygen atoms in total. The van der Waals surface area contributed by atoms with Crippen LogP contribution in [-0.4, -0.2) is 36.0 Å². The maximum Gasteiger partial charge on any atom is 0.261 e. The number of hydrogen-bond donors (Lipinski definition) is 1. The summed E-state index contributed by atoms with van der Waals surface area (Å²) in [7, 11) is -0.800. The second kappa shape index (κ2) is 7.71. The Morgan fingerprint density at radius 3 is 2.15 bits per heavy atom. The molecule has 0 spiro atoms. The molecular weight excluding hydrogens is 515 g/mol. The summed E-state index contributed by atoms with van der Waals surface area (Å²) >= 11 is 2.01. The van der Waals surface area contributed by atoms with Crippen LogP contribution in [0.25, 0.3) is 0 Å². The number of nitrogens with one attached hydrogen (secondary N) is 1. The van der Waals surface area contributed by atoms with E-state index >= 15 is 0 Å². The monoisotopic (exact) mass is 528 g/mol. The molecule has 0 aromatic heterocycles. The van der Waals surface area contributed by atoms with Crippen LogP contribution >= 0.6 is 33.3 Å². The molecule has 0 aliphatic rings. The first-order valence-corrected chi connectivity index (χ1v) is 12.2. The molecule has 1 N–H and O–H groups in total. The second-order valence-corrected chi connectivity index (χ2v) is 11.1. The van der Waals surface area contributed by atoms with E-state index in [1.807, 2.05) is 22.6 Å². The molecule has 0 aliphatic heterocycles. The van der Waals surface area contributed by atoms with Crippen molar-refractivity contribution in [3.63, 3.8) is 0 Å². The second-order valence-electron chi connectivity index (χ2n) is 5.31. The summed E-state index contributed by atoms with van der Waals surface area (Å²) in [6.45, 7) is 0. The normalized spacial score (nSPS) is 11.8. The number of rotatable bonds is 5. The Balaban J connectivity index is 2.37. The van der Waals surface area contributed by atoms with E-state index in [1.165, 1.54) is 31.3 Å². The Morgan fingerprint density at radius 2 is 1.65 bits per heavy atom. The smallest absolute Gasteiger partial charge is 0.261 e. The van der Waals surface area contributed by atoms with Gasteiger partial charge in [-0.1, -0.05) is 0 Å². The standard InChI is InChI=1S/C15H14ClIN2O5S2/c1-19(25(2,21)22)14-8-3-10(17)9-13(14)15(20)18-11-4-6-12(7-5-11)26(16,23)24/h3-9H,1-2H3,(H,18,20). The molecule has 0 radical (unpaired) electrons. The topological polar surface area (TPSA) is 101 Å². The predicted octanol–water partition coefficient (Wildman–Crippen LogP) is 2.87. The number of sulfonamides is 1. The fraction of sp³-hybridized carbons (Fsp3) is 0.133. The highest BCUT2D eigenvalue weighted by Gasteiger charge is 2.20. The first-order chi connectivity index (χ1) is 11.9. The van der Waals surface area contributed by atoms with E-state index in [0.29, 0.717) is 5.69 Å². The number of carbonyl (C=O) groups is 1. The summed E-state index contributed by atoms with van der Waals surface area (Å²) in [6, 6.07) is 10.1. The highest BCUT2D eigenvalue weighted by molar-refractivity contribution is 14.1. The van der Waals surface area contributed by atoms with Gasteiger partial charge >= 0.3 is 0 Å². The summed E-state index contributed by atoms with van der Waals surface area (Å²) < 4.78 is 47.9. The van der Waals surface area contributed by atoms with Gasteiger partial charge in [-0.25, -0.2) is 16.8 Å². The van der Waals surface area contributed by atoms with E-state index in [1.54, 1.807) is 18.2 Å². The zero-order chi connectivity index (χ0) is 19.7. The summed E-state index contributed by atoms with van der Waals surface area (Å²) in [5.41, 5.74) is 0.732. The van der Waals surface area contributed by atoms with Gasteiger partial charge < -0.3 is 5.32 Å². The van der Waals surface area contributed by atoms with Gasteiger partial charge in [0.25, 0.3) is 15.0 Å². The molecule has 26 heavy (non-hydrogen) atoms. The lowest BCUT2D eigenvalue weighted by Gasteiger charge is -2.20. The van der Waals surface area contributed by atoms with Gasteiger partial charge in [0.1, 0.15) is 0 Å². The average molecular weight is 529 g/mol. The Morgan fingerprint density at radius 1 is 1.08 bits per heavy atom. The number of anilines is 2. The lowest BCUT2D eigenvalue weighted by atomic mass is 10.1. The van der Waals surface area contributed by atoms with Crippen molar-refractivity contribution < 1.29 is 21.6 Å². The van der Waals surface area contributed by atoms with Crippen LogP contribution in [0.2, 0.25) is 0 Å². The van der Waals surface area contributed by atoms with Crippen molar-refractivity contribution in [1.82, 2.24) is 0 Å². The fourth-order valence-electron chi connectivity index (χ4n) is 2.04. The molecule has 2 aromatic carbocycles. The third kappa shape index (κ3) is 5.09. The number of halogens is 2. The van der Waals surface area contributed by atoms with Crippen molar-refractivity contribution in [2.75, 3.05) is 22.9 Å². The molecule has 2 aromatic rings. The van der Waals surface area contributed by atoms with E-state index < -0.39 is 25.0 Å². The van der Waals surface area contributed by atoms with Crippen molar-refractivity contribution in [2.24, 2.45) is 0 Å². The Bertz CT molecular complexity index is 1050. The first kappa shape index (κ1) is 20.9. The maximum atomic E-state index is 12.6. The third-order valence-corrected chi connectivity index (χ3v) is 6.67. The number of nitrogens with zero attached hydrogens (tertiary/aromatic N) is 1. The van der Waals surface area contributed by atoms with Crippen molar-refractivity contribution >= 4 is 69.6 Å². The van der Waals surface area contributed by atoms with Gasteiger partial charge in [0.05, 0.1) is 22.4 Å². The minimum absolute atomic E-state index is 0.0936. The fourth-order valence-corrected chi connectivity index (χ4v) is 3.82. The third-order valence-electron chi connectivity index (χ3n) is 3.43.